The number of likely N-dealkylation sites (tertiary alicyclic amines) is 1. The predicted molar refractivity (Wildman–Crippen MR) is 69.5 cm³/mol. The van der Waals surface area contributed by atoms with Gasteiger partial charge in [-0.3, -0.25) is 4.79 Å². The maximum absolute atomic E-state index is 11.9. The molecular weight excluding hydrogens is 244 g/mol. The summed E-state index contributed by atoms with van der Waals surface area (Å²) >= 11 is 0. The molecule has 0 aromatic heterocycles. The maximum atomic E-state index is 11.9. The number of nitrogens with one attached hydrogen (secondary N) is 1. The lowest BCUT2D eigenvalue weighted by molar-refractivity contribution is -0.137. The van der Waals surface area contributed by atoms with E-state index in [4.69, 9.17) is 4.74 Å². The fraction of sp³-hybridized carbons (Fsp3) is 0.857. The molecule has 2 heterocycles. The second kappa shape index (κ2) is 3.64. The Labute approximate surface area is 113 Å². The third-order valence-corrected chi connectivity index (χ3v) is 4.40. The van der Waals surface area contributed by atoms with E-state index in [1.165, 1.54) is 0 Å². The third-order valence-electron chi connectivity index (χ3n) is 4.40. The third kappa shape index (κ3) is 2.19. The van der Waals surface area contributed by atoms with E-state index in [9.17, 15) is 9.59 Å². The molecule has 0 unspecified atom stereocenters. The summed E-state index contributed by atoms with van der Waals surface area (Å²) < 4.78 is 5.36. The van der Waals surface area contributed by atoms with E-state index in [0.717, 1.165) is 32.5 Å². The van der Waals surface area contributed by atoms with Crippen molar-refractivity contribution in [1.29, 1.82) is 0 Å². The fourth-order valence-electron chi connectivity index (χ4n) is 3.98. The van der Waals surface area contributed by atoms with Gasteiger partial charge in [0.05, 0.1) is 0 Å². The molecule has 3 aliphatic rings. The van der Waals surface area contributed by atoms with Gasteiger partial charge in [0, 0.05) is 31.5 Å². The Balaban J connectivity index is 1.49. The van der Waals surface area contributed by atoms with Gasteiger partial charge in [0.25, 0.3) is 0 Å². The normalized spacial score (nSPS) is 26.9. The topological polar surface area (TPSA) is 58.6 Å². The van der Waals surface area contributed by atoms with Crippen LogP contribution in [0.4, 0.5) is 4.79 Å². The molecule has 1 aliphatic carbocycles. The molecule has 1 saturated carbocycles. The van der Waals surface area contributed by atoms with Crippen LogP contribution in [0.1, 0.15) is 40.0 Å². The molecule has 0 atom stereocenters. The molecule has 3 fully saturated rings. The summed E-state index contributed by atoms with van der Waals surface area (Å²) in [6.07, 6.45) is 2.59. The van der Waals surface area contributed by atoms with Gasteiger partial charge in [-0.1, -0.05) is 0 Å². The summed E-state index contributed by atoms with van der Waals surface area (Å²) in [6.45, 7) is 8.05. The van der Waals surface area contributed by atoms with Crippen LogP contribution in [0.2, 0.25) is 0 Å². The Kier molecular flexibility index (Phi) is 2.45. The van der Waals surface area contributed by atoms with Crippen LogP contribution in [0.25, 0.3) is 0 Å². The van der Waals surface area contributed by atoms with Gasteiger partial charge in [-0.15, -0.1) is 0 Å². The first-order chi connectivity index (χ1) is 8.71. The van der Waals surface area contributed by atoms with E-state index in [1.807, 2.05) is 20.8 Å². The quantitative estimate of drug-likeness (QED) is 0.723. The number of carbonyl (C=O) groups excluding carboxylic acids is 2. The second-order valence-electron chi connectivity index (χ2n) is 7.64. The van der Waals surface area contributed by atoms with Crippen LogP contribution in [0.5, 0.6) is 0 Å². The minimum Gasteiger partial charge on any atom is -0.444 e. The molecule has 0 radical (unpaired) electrons. The van der Waals surface area contributed by atoms with Crippen molar-refractivity contribution in [2.45, 2.75) is 45.6 Å². The van der Waals surface area contributed by atoms with Crippen LogP contribution in [-0.2, 0) is 9.53 Å². The smallest absolute Gasteiger partial charge is 0.410 e. The van der Waals surface area contributed by atoms with Crippen molar-refractivity contribution in [3.8, 4) is 0 Å². The first-order valence-corrected chi connectivity index (χ1v) is 6.96. The summed E-state index contributed by atoms with van der Waals surface area (Å²) in [4.78, 5) is 25.0. The molecule has 0 aromatic carbocycles. The van der Waals surface area contributed by atoms with Crippen LogP contribution >= 0.6 is 0 Å². The maximum Gasteiger partial charge on any atom is 0.410 e. The zero-order valence-corrected chi connectivity index (χ0v) is 11.9. The number of hydrogen-bond donors (Lipinski definition) is 1. The van der Waals surface area contributed by atoms with Crippen molar-refractivity contribution < 1.29 is 14.3 Å². The first-order valence-electron chi connectivity index (χ1n) is 6.96. The zero-order valence-electron chi connectivity index (χ0n) is 11.9. The minimum absolute atomic E-state index is 0.179. The van der Waals surface area contributed by atoms with Crippen LogP contribution in [0.15, 0.2) is 0 Å². The summed E-state index contributed by atoms with van der Waals surface area (Å²) in [7, 11) is 0. The number of ether oxygens (including phenoxy) is 1. The molecule has 2 amide bonds. The van der Waals surface area contributed by atoms with Crippen LogP contribution < -0.4 is 5.32 Å². The highest BCUT2D eigenvalue weighted by Crippen LogP contribution is 2.61. The summed E-state index contributed by atoms with van der Waals surface area (Å²) in [5.41, 5.74) is 0.0305. The number of rotatable bonds is 0. The number of hydrogen-bond acceptors (Lipinski definition) is 3. The van der Waals surface area contributed by atoms with E-state index in [-0.39, 0.29) is 22.8 Å². The summed E-state index contributed by atoms with van der Waals surface area (Å²) in [5, 5.41) is 2.92. The molecule has 5 nitrogen and oxygen atoms in total. The molecule has 0 aromatic rings. The van der Waals surface area contributed by atoms with Crippen molar-refractivity contribution in [2.75, 3.05) is 19.6 Å². The Bertz CT molecular complexity index is 424. The SMILES string of the molecule is CC(C)(C)OC(=O)N1CC2(C1)CC1(CNC(=O)C1)C2. The zero-order chi connectivity index (χ0) is 13.9. The van der Waals surface area contributed by atoms with Gasteiger partial charge >= 0.3 is 6.09 Å². The standard InChI is InChI=1S/C14H22N2O3/c1-12(2,3)19-11(18)16-8-14(9-16)5-13(6-14)4-10(17)15-7-13/h4-9H2,1-3H3,(H,15,17). The van der Waals surface area contributed by atoms with Gasteiger partial charge < -0.3 is 15.0 Å². The van der Waals surface area contributed by atoms with Crippen molar-refractivity contribution in [1.82, 2.24) is 10.2 Å². The van der Waals surface area contributed by atoms with Crippen molar-refractivity contribution in [2.24, 2.45) is 10.8 Å². The first kappa shape index (κ1) is 12.8. The molecule has 2 aliphatic heterocycles. The van der Waals surface area contributed by atoms with Gasteiger partial charge in [-0.25, -0.2) is 4.79 Å². The lowest BCUT2D eigenvalue weighted by Crippen LogP contribution is -2.67. The van der Waals surface area contributed by atoms with Gasteiger partial charge in [0.2, 0.25) is 5.91 Å². The summed E-state index contributed by atoms with van der Waals surface area (Å²) in [6, 6.07) is 0. The van der Waals surface area contributed by atoms with Crippen molar-refractivity contribution in [3.63, 3.8) is 0 Å². The lowest BCUT2D eigenvalue weighted by atomic mass is 9.49. The second-order valence-corrected chi connectivity index (χ2v) is 7.64. The van der Waals surface area contributed by atoms with E-state index in [0.29, 0.717) is 6.42 Å². The fourth-order valence-corrected chi connectivity index (χ4v) is 3.98. The minimum atomic E-state index is -0.428. The van der Waals surface area contributed by atoms with Gasteiger partial charge in [-0.05, 0) is 39.0 Å². The van der Waals surface area contributed by atoms with Gasteiger partial charge in [0.1, 0.15) is 5.60 Å². The molecule has 2 saturated heterocycles. The molecular formula is C14H22N2O3. The van der Waals surface area contributed by atoms with Crippen LogP contribution in [-0.4, -0.2) is 42.1 Å². The molecule has 1 N–H and O–H groups in total. The largest absolute Gasteiger partial charge is 0.444 e. The average Bonchev–Trinajstić information content (AvgIpc) is 2.50. The summed E-state index contributed by atoms with van der Waals surface area (Å²) in [5.74, 6) is 0.179. The number of nitrogens with zero attached hydrogens (tertiary/aromatic N) is 1. The van der Waals surface area contributed by atoms with E-state index < -0.39 is 5.60 Å². The van der Waals surface area contributed by atoms with E-state index in [2.05, 4.69) is 5.32 Å². The van der Waals surface area contributed by atoms with Gasteiger partial charge in [0.15, 0.2) is 0 Å². The predicted octanol–water partition coefficient (Wildman–Crippen LogP) is 1.52. The van der Waals surface area contributed by atoms with Crippen molar-refractivity contribution in [3.05, 3.63) is 0 Å². The lowest BCUT2D eigenvalue weighted by Gasteiger charge is -2.62. The highest BCUT2D eigenvalue weighted by molar-refractivity contribution is 5.79. The Hall–Kier alpha value is -1.26. The van der Waals surface area contributed by atoms with E-state index >= 15 is 0 Å². The number of amides is 2. The average molecular weight is 266 g/mol. The van der Waals surface area contributed by atoms with Crippen molar-refractivity contribution >= 4 is 12.0 Å². The number of carbonyl (C=O) groups is 2. The molecule has 106 valence electrons. The Morgan fingerprint density at radius 1 is 1.26 bits per heavy atom. The highest BCUT2D eigenvalue weighted by Gasteiger charge is 2.62. The molecule has 3 rings (SSSR count). The van der Waals surface area contributed by atoms with Crippen LogP contribution in [0, 0.1) is 10.8 Å². The Morgan fingerprint density at radius 3 is 2.37 bits per heavy atom. The Morgan fingerprint density at radius 2 is 1.89 bits per heavy atom. The van der Waals surface area contributed by atoms with Gasteiger partial charge in [-0.2, -0.15) is 0 Å². The molecule has 0 bridgehead atoms. The highest BCUT2D eigenvalue weighted by atomic mass is 16.6. The molecule has 5 heteroatoms. The monoisotopic (exact) mass is 266 g/mol. The molecule has 2 spiro atoms. The van der Waals surface area contributed by atoms with E-state index in [1.54, 1.807) is 4.90 Å². The molecule has 19 heavy (non-hydrogen) atoms. The van der Waals surface area contributed by atoms with Crippen LogP contribution in [0.3, 0.4) is 0 Å².